The minimum atomic E-state index is -0.118. The van der Waals surface area contributed by atoms with E-state index in [0.29, 0.717) is 24.6 Å². The molecule has 0 spiro atoms. The van der Waals surface area contributed by atoms with Gasteiger partial charge in [0.05, 0.1) is 14.2 Å². The molecule has 0 aliphatic carbocycles. The van der Waals surface area contributed by atoms with Gasteiger partial charge in [-0.1, -0.05) is 18.2 Å². The van der Waals surface area contributed by atoms with Gasteiger partial charge in [-0.05, 0) is 48.7 Å². The molecule has 6 nitrogen and oxygen atoms in total. The van der Waals surface area contributed by atoms with E-state index in [9.17, 15) is 9.59 Å². The minimum Gasteiger partial charge on any atom is -0.493 e. The van der Waals surface area contributed by atoms with E-state index in [0.717, 1.165) is 22.4 Å². The molecule has 0 aliphatic rings. The molecule has 0 radical (unpaired) electrons. The van der Waals surface area contributed by atoms with Gasteiger partial charge in [0.1, 0.15) is 0 Å². The first kappa shape index (κ1) is 21.3. The number of rotatable bonds is 8. The summed E-state index contributed by atoms with van der Waals surface area (Å²) in [5.41, 5.74) is 3.88. The molecule has 6 heteroatoms. The summed E-state index contributed by atoms with van der Waals surface area (Å²) in [5.74, 6) is 1.03. The molecule has 150 valence electrons. The first-order chi connectivity index (χ1) is 13.3. The number of ether oxygens (including phenoxy) is 2. The summed E-state index contributed by atoms with van der Waals surface area (Å²) in [6, 6.07) is 11.3. The molecule has 0 saturated heterocycles. The number of carbonyl (C=O) groups excluding carboxylic acids is 2. The van der Waals surface area contributed by atoms with Gasteiger partial charge in [0.15, 0.2) is 11.5 Å². The van der Waals surface area contributed by atoms with Crippen LogP contribution >= 0.6 is 0 Å². The predicted molar refractivity (Wildman–Crippen MR) is 110 cm³/mol. The fourth-order valence-corrected chi connectivity index (χ4v) is 2.88. The van der Waals surface area contributed by atoms with Gasteiger partial charge in [-0.25, -0.2) is 0 Å². The number of nitrogens with one attached hydrogen (secondary N) is 1. The molecule has 2 rings (SSSR count). The standard InChI is InChI=1S/C22H28N2O4/c1-15-7-6-8-19(16(15)2)23-22(26)11-12-24(17(3)25)14-18-9-10-20(27-4)21(13-18)28-5/h6-10,13H,11-12,14H2,1-5H3,(H,23,26). The Morgan fingerprint density at radius 2 is 1.75 bits per heavy atom. The smallest absolute Gasteiger partial charge is 0.226 e. The lowest BCUT2D eigenvalue weighted by Crippen LogP contribution is -2.31. The van der Waals surface area contributed by atoms with Crippen LogP contribution in [0.2, 0.25) is 0 Å². The molecule has 0 aliphatic heterocycles. The summed E-state index contributed by atoms with van der Waals surface area (Å²) in [6.07, 6.45) is 0.222. The Labute approximate surface area is 166 Å². The largest absolute Gasteiger partial charge is 0.493 e. The number of carbonyl (C=O) groups is 2. The molecule has 2 amide bonds. The number of amides is 2. The highest BCUT2D eigenvalue weighted by atomic mass is 16.5. The Morgan fingerprint density at radius 1 is 1.04 bits per heavy atom. The SMILES string of the molecule is COc1ccc(CN(CCC(=O)Nc2cccc(C)c2C)C(C)=O)cc1OC. The number of anilines is 1. The normalized spacial score (nSPS) is 10.3. The summed E-state index contributed by atoms with van der Waals surface area (Å²) in [6.45, 7) is 6.21. The molecule has 0 unspecified atom stereocenters. The summed E-state index contributed by atoms with van der Waals surface area (Å²) in [7, 11) is 3.15. The van der Waals surface area contributed by atoms with E-state index in [4.69, 9.17) is 9.47 Å². The van der Waals surface area contributed by atoms with E-state index < -0.39 is 0 Å². The van der Waals surface area contributed by atoms with Crippen molar-refractivity contribution in [1.29, 1.82) is 0 Å². The lowest BCUT2D eigenvalue weighted by molar-refractivity contribution is -0.129. The third kappa shape index (κ3) is 5.49. The summed E-state index contributed by atoms with van der Waals surface area (Å²) in [5, 5.41) is 2.93. The molecular weight excluding hydrogens is 356 g/mol. The highest BCUT2D eigenvalue weighted by molar-refractivity contribution is 5.92. The van der Waals surface area contributed by atoms with E-state index in [1.54, 1.807) is 25.2 Å². The molecule has 28 heavy (non-hydrogen) atoms. The number of nitrogens with zero attached hydrogens (tertiary/aromatic N) is 1. The van der Waals surface area contributed by atoms with Crippen molar-refractivity contribution < 1.29 is 19.1 Å². The number of aryl methyl sites for hydroxylation is 1. The zero-order valence-electron chi connectivity index (χ0n) is 17.2. The predicted octanol–water partition coefficient (Wildman–Crippen LogP) is 3.70. The zero-order valence-corrected chi connectivity index (χ0v) is 17.2. The van der Waals surface area contributed by atoms with Crippen molar-refractivity contribution in [2.75, 3.05) is 26.1 Å². The molecule has 1 N–H and O–H groups in total. The van der Waals surface area contributed by atoms with Crippen molar-refractivity contribution in [3.63, 3.8) is 0 Å². The van der Waals surface area contributed by atoms with Crippen LogP contribution in [0.4, 0.5) is 5.69 Å². The van der Waals surface area contributed by atoms with Crippen LogP contribution in [-0.2, 0) is 16.1 Å². The second kappa shape index (κ2) is 9.78. The van der Waals surface area contributed by atoms with Gasteiger partial charge in [0.2, 0.25) is 11.8 Å². The molecule has 0 atom stereocenters. The van der Waals surface area contributed by atoms with Gasteiger partial charge in [0.25, 0.3) is 0 Å². The molecule has 0 aromatic heterocycles. The first-order valence-electron chi connectivity index (χ1n) is 9.18. The van der Waals surface area contributed by atoms with Crippen molar-refractivity contribution in [3.05, 3.63) is 53.1 Å². The number of methoxy groups -OCH3 is 2. The van der Waals surface area contributed by atoms with Gasteiger partial charge in [0, 0.05) is 32.1 Å². The zero-order chi connectivity index (χ0) is 20.7. The highest BCUT2D eigenvalue weighted by Crippen LogP contribution is 2.28. The second-order valence-electron chi connectivity index (χ2n) is 6.68. The molecular formula is C22H28N2O4. The minimum absolute atomic E-state index is 0.0886. The van der Waals surface area contributed by atoms with Crippen LogP contribution in [0.1, 0.15) is 30.0 Å². The van der Waals surface area contributed by atoms with Crippen molar-refractivity contribution in [2.45, 2.75) is 33.7 Å². The van der Waals surface area contributed by atoms with Gasteiger partial charge in [-0.2, -0.15) is 0 Å². The topological polar surface area (TPSA) is 67.9 Å². The Balaban J connectivity index is 2.00. The lowest BCUT2D eigenvalue weighted by atomic mass is 10.1. The fourth-order valence-electron chi connectivity index (χ4n) is 2.88. The fraction of sp³-hybridized carbons (Fsp3) is 0.364. The van der Waals surface area contributed by atoms with Crippen LogP contribution < -0.4 is 14.8 Å². The maximum atomic E-state index is 12.4. The van der Waals surface area contributed by atoms with Crippen LogP contribution in [-0.4, -0.2) is 37.5 Å². The van der Waals surface area contributed by atoms with E-state index in [1.807, 2.05) is 44.2 Å². The van der Waals surface area contributed by atoms with E-state index >= 15 is 0 Å². The number of hydrogen-bond acceptors (Lipinski definition) is 4. The quantitative estimate of drug-likeness (QED) is 0.754. The van der Waals surface area contributed by atoms with Crippen LogP contribution in [0.5, 0.6) is 11.5 Å². The molecule has 0 fully saturated rings. The van der Waals surface area contributed by atoms with Crippen LogP contribution in [0, 0.1) is 13.8 Å². The molecule has 2 aromatic rings. The Hall–Kier alpha value is -3.02. The summed E-state index contributed by atoms with van der Waals surface area (Å²) >= 11 is 0. The van der Waals surface area contributed by atoms with E-state index in [1.165, 1.54) is 6.92 Å². The molecule has 0 saturated carbocycles. The maximum absolute atomic E-state index is 12.4. The maximum Gasteiger partial charge on any atom is 0.226 e. The van der Waals surface area contributed by atoms with Crippen LogP contribution in [0.3, 0.4) is 0 Å². The van der Waals surface area contributed by atoms with E-state index in [2.05, 4.69) is 5.32 Å². The summed E-state index contributed by atoms with van der Waals surface area (Å²) in [4.78, 5) is 26.0. The Morgan fingerprint density at radius 3 is 2.39 bits per heavy atom. The first-order valence-corrected chi connectivity index (χ1v) is 9.18. The van der Waals surface area contributed by atoms with Crippen LogP contribution in [0.15, 0.2) is 36.4 Å². The third-order valence-electron chi connectivity index (χ3n) is 4.75. The molecule has 2 aromatic carbocycles. The average Bonchev–Trinajstić information content (AvgIpc) is 2.68. The van der Waals surface area contributed by atoms with Crippen molar-refractivity contribution in [1.82, 2.24) is 4.90 Å². The van der Waals surface area contributed by atoms with E-state index in [-0.39, 0.29) is 18.2 Å². The molecule has 0 heterocycles. The van der Waals surface area contributed by atoms with Gasteiger partial charge >= 0.3 is 0 Å². The van der Waals surface area contributed by atoms with Crippen LogP contribution in [0.25, 0.3) is 0 Å². The summed E-state index contributed by atoms with van der Waals surface area (Å²) < 4.78 is 10.6. The van der Waals surface area contributed by atoms with Gasteiger partial charge in [-0.15, -0.1) is 0 Å². The van der Waals surface area contributed by atoms with Gasteiger partial charge in [-0.3, -0.25) is 9.59 Å². The Kier molecular flexibility index (Phi) is 7.44. The number of benzene rings is 2. The number of hydrogen-bond donors (Lipinski definition) is 1. The monoisotopic (exact) mass is 384 g/mol. The van der Waals surface area contributed by atoms with Crippen molar-refractivity contribution >= 4 is 17.5 Å². The Bertz CT molecular complexity index is 848. The second-order valence-corrected chi connectivity index (χ2v) is 6.68. The average molecular weight is 384 g/mol. The highest BCUT2D eigenvalue weighted by Gasteiger charge is 2.14. The van der Waals surface area contributed by atoms with Crippen molar-refractivity contribution in [2.24, 2.45) is 0 Å². The molecule has 0 bridgehead atoms. The lowest BCUT2D eigenvalue weighted by Gasteiger charge is -2.22. The van der Waals surface area contributed by atoms with Gasteiger partial charge < -0.3 is 19.7 Å². The van der Waals surface area contributed by atoms with Crippen molar-refractivity contribution in [3.8, 4) is 11.5 Å². The third-order valence-corrected chi connectivity index (χ3v) is 4.75.